The van der Waals surface area contributed by atoms with Crippen molar-refractivity contribution in [2.75, 3.05) is 0 Å². The average molecular weight is 295 g/mol. The Kier molecular flexibility index (Phi) is 3.04. The largest absolute Gasteiger partial charge is 0.506 e. The van der Waals surface area contributed by atoms with Gasteiger partial charge in [0.25, 0.3) is 5.69 Å². The van der Waals surface area contributed by atoms with Crippen molar-refractivity contribution in [3.63, 3.8) is 0 Å². The van der Waals surface area contributed by atoms with E-state index in [-0.39, 0.29) is 17.0 Å². The van der Waals surface area contributed by atoms with E-state index in [0.717, 1.165) is 6.07 Å². The maximum Gasteiger partial charge on any atom is 0.271 e. The van der Waals surface area contributed by atoms with Crippen LogP contribution >= 0.6 is 22.6 Å². The van der Waals surface area contributed by atoms with Crippen LogP contribution in [0.25, 0.3) is 0 Å². The molecular formula is C7H6INO4. The molecule has 0 aliphatic carbocycles. The number of phenols is 1. The van der Waals surface area contributed by atoms with Gasteiger partial charge in [0.05, 0.1) is 15.1 Å². The lowest BCUT2D eigenvalue weighted by molar-refractivity contribution is -0.385. The topological polar surface area (TPSA) is 83.6 Å². The van der Waals surface area contributed by atoms with E-state index in [1.54, 1.807) is 22.6 Å². The third-order valence-corrected chi connectivity index (χ3v) is 2.33. The standard InChI is InChI=1S/C7H6INO4/c8-6-2-5(9(12)13)1-4(3-10)7(6)11/h1-2,10-11H,3H2. The fourth-order valence-electron chi connectivity index (χ4n) is 0.866. The Bertz CT molecular complexity index is 353. The van der Waals surface area contributed by atoms with Crippen molar-refractivity contribution in [2.24, 2.45) is 0 Å². The SMILES string of the molecule is O=[N+]([O-])c1cc(I)c(O)c(CO)c1. The average Bonchev–Trinajstić information content (AvgIpc) is 2.09. The third-order valence-electron chi connectivity index (χ3n) is 1.51. The summed E-state index contributed by atoms with van der Waals surface area (Å²) in [7, 11) is 0. The molecule has 0 bridgehead atoms. The second-order valence-electron chi connectivity index (χ2n) is 2.35. The van der Waals surface area contributed by atoms with Crippen molar-refractivity contribution in [1.82, 2.24) is 0 Å². The van der Waals surface area contributed by atoms with Crippen LogP contribution in [0.5, 0.6) is 5.75 Å². The molecule has 0 unspecified atom stereocenters. The van der Waals surface area contributed by atoms with Gasteiger partial charge >= 0.3 is 0 Å². The van der Waals surface area contributed by atoms with E-state index in [2.05, 4.69) is 0 Å². The van der Waals surface area contributed by atoms with Crippen LogP contribution in [0.2, 0.25) is 0 Å². The van der Waals surface area contributed by atoms with Gasteiger partial charge in [-0.05, 0) is 22.6 Å². The number of halogens is 1. The van der Waals surface area contributed by atoms with Gasteiger partial charge in [-0.15, -0.1) is 0 Å². The molecule has 0 saturated heterocycles. The Morgan fingerprint density at radius 1 is 1.54 bits per heavy atom. The van der Waals surface area contributed by atoms with Gasteiger partial charge in [-0.2, -0.15) is 0 Å². The number of hydrogen-bond acceptors (Lipinski definition) is 4. The molecule has 6 heteroatoms. The quantitative estimate of drug-likeness (QED) is 0.491. The van der Waals surface area contributed by atoms with Crippen LogP contribution in [-0.4, -0.2) is 15.1 Å². The van der Waals surface area contributed by atoms with E-state index < -0.39 is 11.5 Å². The third kappa shape index (κ3) is 2.07. The van der Waals surface area contributed by atoms with Crippen molar-refractivity contribution < 1.29 is 15.1 Å². The molecule has 13 heavy (non-hydrogen) atoms. The molecule has 1 aromatic carbocycles. The summed E-state index contributed by atoms with van der Waals surface area (Å²) in [5, 5.41) is 28.4. The fourth-order valence-corrected chi connectivity index (χ4v) is 1.53. The monoisotopic (exact) mass is 295 g/mol. The van der Waals surface area contributed by atoms with Gasteiger partial charge in [0.15, 0.2) is 0 Å². The Labute approximate surface area is 87.3 Å². The molecule has 0 aliphatic rings. The van der Waals surface area contributed by atoms with E-state index >= 15 is 0 Å². The number of non-ortho nitro benzene ring substituents is 1. The number of aromatic hydroxyl groups is 1. The van der Waals surface area contributed by atoms with Gasteiger partial charge in [-0.1, -0.05) is 0 Å². The first-order valence-electron chi connectivity index (χ1n) is 3.33. The highest BCUT2D eigenvalue weighted by Gasteiger charge is 2.13. The lowest BCUT2D eigenvalue weighted by Crippen LogP contribution is -1.93. The summed E-state index contributed by atoms with van der Waals surface area (Å²) in [5.41, 5.74) is 0.0323. The van der Waals surface area contributed by atoms with E-state index in [1.165, 1.54) is 6.07 Å². The molecule has 0 saturated carbocycles. The molecule has 0 fully saturated rings. The lowest BCUT2D eigenvalue weighted by Gasteiger charge is -2.02. The maximum absolute atomic E-state index is 10.4. The number of hydrogen-bond donors (Lipinski definition) is 2. The van der Waals surface area contributed by atoms with Crippen LogP contribution in [0.1, 0.15) is 5.56 Å². The van der Waals surface area contributed by atoms with Crippen molar-refractivity contribution in [1.29, 1.82) is 0 Å². The van der Waals surface area contributed by atoms with Crippen LogP contribution < -0.4 is 0 Å². The Morgan fingerprint density at radius 3 is 2.62 bits per heavy atom. The summed E-state index contributed by atoms with van der Waals surface area (Å²) in [6.45, 7) is -0.413. The van der Waals surface area contributed by atoms with E-state index in [1.807, 2.05) is 0 Å². The van der Waals surface area contributed by atoms with E-state index in [4.69, 9.17) is 5.11 Å². The molecule has 1 rings (SSSR count). The fraction of sp³-hybridized carbons (Fsp3) is 0.143. The highest BCUT2D eigenvalue weighted by atomic mass is 127. The van der Waals surface area contributed by atoms with Gasteiger partial charge in [0.1, 0.15) is 5.75 Å². The van der Waals surface area contributed by atoms with Crippen LogP contribution in [0.3, 0.4) is 0 Å². The molecule has 0 spiro atoms. The number of nitro benzene ring substituents is 1. The minimum Gasteiger partial charge on any atom is -0.506 e. The molecule has 70 valence electrons. The molecule has 5 nitrogen and oxygen atoms in total. The molecular weight excluding hydrogens is 289 g/mol. The predicted molar refractivity (Wildman–Crippen MR) is 53.4 cm³/mol. The zero-order valence-corrected chi connectivity index (χ0v) is 8.56. The lowest BCUT2D eigenvalue weighted by atomic mass is 10.2. The molecule has 2 N–H and O–H groups in total. The van der Waals surface area contributed by atoms with Crippen LogP contribution in [0.15, 0.2) is 12.1 Å². The summed E-state index contributed by atoms with van der Waals surface area (Å²) < 4.78 is 0.357. The first-order chi connectivity index (χ1) is 6.06. The number of aliphatic hydroxyl groups is 1. The van der Waals surface area contributed by atoms with Gasteiger partial charge in [0, 0.05) is 17.7 Å². The highest BCUT2D eigenvalue weighted by Crippen LogP contribution is 2.29. The first-order valence-corrected chi connectivity index (χ1v) is 4.40. The van der Waals surface area contributed by atoms with Crippen LogP contribution in [-0.2, 0) is 6.61 Å². The first kappa shape index (κ1) is 10.2. The number of nitro groups is 1. The van der Waals surface area contributed by atoms with Crippen LogP contribution in [0.4, 0.5) is 5.69 Å². The Morgan fingerprint density at radius 2 is 2.15 bits per heavy atom. The summed E-state index contributed by atoms with van der Waals surface area (Å²) in [5.74, 6) is -0.103. The summed E-state index contributed by atoms with van der Waals surface area (Å²) in [6.07, 6.45) is 0. The Hall–Kier alpha value is -0.890. The zero-order valence-electron chi connectivity index (χ0n) is 6.40. The van der Waals surface area contributed by atoms with Gasteiger partial charge in [-0.25, -0.2) is 0 Å². The number of nitrogens with zero attached hydrogens (tertiary/aromatic N) is 1. The van der Waals surface area contributed by atoms with Crippen molar-refractivity contribution >= 4 is 28.3 Å². The Balaban J connectivity index is 3.30. The number of rotatable bonds is 2. The molecule has 0 aliphatic heterocycles. The van der Waals surface area contributed by atoms with Crippen LogP contribution in [0, 0.1) is 13.7 Å². The molecule has 1 aromatic rings. The summed E-state index contributed by atoms with van der Waals surface area (Å²) in [6, 6.07) is 2.40. The van der Waals surface area contributed by atoms with Crippen molar-refractivity contribution in [3.05, 3.63) is 31.4 Å². The van der Waals surface area contributed by atoms with Gasteiger partial charge in [0.2, 0.25) is 0 Å². The highest BCUT2D eigenvalue weighted by molar-refractivity contribution is 14.1. The van der Waals surface area contributed by atoms with Gasteiger partial charge in [-0.3, -0.25) is 10.1 Å². The van der Waals surface area contributed by atoms with Gasteiger partial charge < -0.3 is 10.2 Å². The predicted octanol–water partition coefficient (Wildman–Crippen LogP) is 1.40. The number of benzene rings is 1. The maximum atomic E-state index is 10.4. The minimum atomic E-state index is -0.569. The second-order valence-corrected chi connectivity index (χ2v) is 3.51. The normalized spacial score (nSPS) is 10.0. The second kappa shape index (κ2) is 3.88. The molecule has 0 atom stereocenters. The summed E-state index contributed by atoms with van der Waals surface area (Å²) in [4.78, 5) is 9.80. The molecule has 0 aromatic heterocycles. The smallest absolute Gasteiger partial charge is 0.271 e. The van der Waals surface area contributed by atoms with Crippen molar-refractivity contribution in [3.8, 4) is 5.75 Å². The van der Waals surface area contributed by atoms with E-state index in [9.17, 15) is 15.2 Å². The minimum absolute atomic E-state index is 0.103. The molecule has 0 amide bonds. The molecule has 0 heterocycles. The zero-order chi connectivity index (χ0) is 10.0. The number of aliphatic hydroxyl groups excluding tert-OH is 1. The molecule has 0 radical (unpaired) electrons. The summed E-state index contributed by atoms with van der Waals surface area (Å²) >= 11 is 1.77. The van der Waals surface area contributed by atoms with E-state index in [0.29, 0.717) is 3.57 Å². The van der Waals surface area contributed by atoms with Crippen molar-refractivity contribution in [2.45, 2.75) is 6.61 Å².